The van der Waals surface area contributed by atoms with Crippen LogP contribution < -0.4 is 14.2 Å². The van der Waals surface area contributed by atoms with Gasteiger partial charge in [-0.15, -0.1) is 28.5 Å². The third-order valence-corrected chi connectivity index (χ3v) is 5.37. The molecule has 0 aliphatic rings. The van der Waals surface area contributed by atoms with Crippen molar-refractivity contribution in [3.8, 4) is 29.0 Å². The van der Waals surface area contributed by atoms with Crippen molar-refractivity contribution in [1.29, 1.82) is 0 Å². The maximum atomic E-state index is 14.2. The zero-order valence-corrected chi connectivity index (χ0v) is 24.4. The van der Waals surface area contributed by atoms with Gasteiger partial charge in [-0.05, 0) is 65.3 Å². The first-order chi connectivity index (χ1) is 19.9. The fraction of sp³-hybridized carbons (Fsp3) is 0.481. The highest BCUT2D eigenvalue weighted by Gasteiger charge is 2.31. The summed E-state index contributed by atoms with van der Waals surface area (Å²) in [6, 6.07) is 3.85. The molecule has 0 fully saturated rings. The number of aromatic nitrogens is 7. The molecule has 4 heterocycles. The monoisotopic (exact) mass is 611 g/mol. The van der Waals surface area contributed by atoms with Crippen molar-refractivity contribution in [3.63, 3.8) is 0 Å². The van der Waals surface area contributed by atoms with E-state index < -0.39 is 36.7 Å². The summed E-state index contributed by atoms with van der Waals surface area (Å²) in [5.74, 6) is -0.0844. The third-order valence-electron chi connectivity index (χ3n) is 5.37. The van der Waals surface area contributed by atoms with Crippen LogP contribution in [0.15, 0.2) is 30.6 Å². The Bertz CT molecular complexity index is 1580. The van der Waals surface area contributed by atoms with E-state index in [9.17, 15) is 22.0 Å². The summed E-state index contributed by atoms with van der Waals surface area (Å²) in [7, 11) is 1.52. The molecule has 0 N–H and O–H groups in total. The van der Waals surface area contributed by atoms with Crippen LogP contribution in [0.5, 0.6) is 17.8 Å². The zero-order valence-electron chi connectivity index (χ0n) is 24.4. The molecule has 0 saturated carbocycles. The van der Waals surface area contributed by atoms with E-state index in [0.29, 0.717) is 5.56 Å². The Morgan fingerprint density at radius 3 is 2.23 bits per heavy atom. The summed E-state index contributed by atoms with van der Waals surface area (Å²) in [6.07, 6.45) is -7.45. The standard InChI is InChI=1S/C27H30F5N7O4/c1-25(2,3)42-22-16(12-34-24(35-22)43-26(4,5)6)17-11-15-21(37-36-17)39(7)38-23(15)41-19(20(28)29)18-10-14(8-9-33-18)13-40-27(30,31)32/h8-12,19-20H,13H2,1-7H3/t19-/m0/s1. The minimum absolute atomic E-state index is 0.0270. The number of fused-ring (bicyclic) bond motifs is 1. The maximum Gasteiger partial charge on any atom is 0.522 e. The Morgan fingerprint density at radius 2 is 1.60 bits per heavy atom. The SMILES string of the molecule is Cn1nc(O[C@@H](c2cc(COC(F)(F)F)ccn2)C(F)F)c2cc(-c3cnc(OC(C)(C)C)nc3OC(C)(C)C)nnc21. The Labute approximate surface area is 243 Å². The van der Waals surface area contributed by atoms with Gasteiger partial charge in [-0.1, -0.05) is 0 Å². The quantitative estimate of drug-likeness (QED) is 0.209. The number of rotatable bonds is 9. The number of hydrogen-bond donors (Lipinski definition) is 0. The highest BCUT2D eigenvalue weighted by molar-refractivity contribution is 5.85. The summed E-state index contributed by atoms with van der Waals surface area (Å²) in [5, 5.41) is 12.8. The number of halogens is 5. The van der Waals surface area contributed by atoms with Crippen molar-refractivity contribution in [2.24, 2.45) is 7.05 Å². The van der Waals surface area contributed by atoms with Crippen LogP contribution in [-0.4, -0.2) is 58.9 Å². The number of nitrogens with zero attached hydrogens (tertiary/aromatic N) is 7. The minimum atomic E-state index is -4.89. The van der Waals surface area contributed by atoms with Gasteiger partial charge in [0.1, 0.15) is 16.9 Å². The average Bonchev–Trinajstić information content (AvgIpc) is 3.18. The number of alkyl halides is 5. The van der Waals surface area contributed by atoms with Crippen LogP contribution in [0, 0.1) is 0 Å². The second-order valence-electron chi connectivity index (χ2n) is 11.4. The van der Waals surface area contributed by atoms with Crippen LogP contribution in [0.3, 0.4) is 0 Å². The van der Waals surface area contributed by atoms with E-state index in [-0.39, 0.29) is 45.8 Å². The topological polar surface area (TPSA) is 119 Å². The van der Waals surface area contributed by atoms with Gasteiger partial charge >= 0.3 is 12.4 Å². The molecule has 0 spiro atoms. The Kier molecular flexibility index (Phi) is 8.72. The molecule has 0 bridgehead atoms. The van der Waals surface area contributed by atoms with Crippen molar-refractivity contribution in [1.82, 2.24) is 34.9 Å². The molecule has 11 nitrogen and oxygen atoms in total. The van der Waals surface area contributed by atoms with E-state index in [4.69, 9.17) is 14.2 Å². The molecule has 0 amide bonds. The van der Waals surface area contributed by atoms with E-state index >= 15 is 0 Å². The lowest BCUT2D eigenvalue weighted by molar-refractivity contribution is -0.330. The Morgan fingerprint density at radius 1 is 0.907 bits per heavy atom. The van der Waals surface area contributed by atoms with Gasteiger partial charge in [-0.3, -0.25) is 9.72 Å². The highest BCUT2D eigenvalue weighted by Crippen LogP contribution is 2.35. The second kappa shape index (κ2) is 11.8. The van der Waals surface area contributed by atoms with Crippen LogP contribution in [0.1, 0.15) is 58.9 Å². The Hall–Kier alpha value is -4.21. The molecule has 0 aromatic carbocycles. The smallest absolute Gasteiger partial charge is 0.471 e. The van der Waals surface area contributed by atoms with Gasteiger partial charge in [0.25, 0.3) is 6.43 Å². The molecule has 0 aliphatic heterocycles. The summed E-state index contributed by atoms with van der Waals surface area (Å²) in [4.78, 5) is 12.6. The molecule has 4 rings (SSSR count). The van der Waals surface area contributed by atoms with Gasteiger partial charge in [0.15, 0.2) is 5.65 Å². The van der Waals surface area contributed by atoms with Crippen molar-refractivity contribution in [2.75, 3.05) is 0 Å². The van der Waals surface area contributed by atoms with Gasteiger partial charge in [-0.2, -0.15) is 4.98 Å². The molecule has 43 heavy (non-hydrogen) atoms. The summed E-state index contributed by atoms with van der Waals surface area (Å²) in [5.41, 5.74) is -0.820. The molecule has 1 atom stereocenters. The van der Waals surface area contributed by atoms with E-state index in [1.807, 2.05) is 41.5 Å². The maximum absolute atomic E-state index is 14.2. The highest BCUT2D eigenvalue weighted by atomic mass is 19.4. The molecule has 232 valence electrons. The van der Waals surface area contributed by atoms with Crippen molar-refractivity contribution >= 4 is 11.0 Å². The molecular formula is C27H30F5N7O4. The fourth-order valence-corrected chi connectivity index (χ4v) is 3.72. The number of pyridine rings is 1. The lowest BCUT2D eigenvalue weighted by atomic mass is 10.1. The summed E-state index contributed by atoms with van der Waals surface area (Å²) < 4.78 is 88.4. The van der Waals surface area contributed by atoms with E-state index in [0.717, 1.165) is 12.3 Å². The van der Waals surface area contributed by atoms with E-state index in [1.165, 1.54) is 30.1 Å². The normalized spacial score (nSPS) is 13.4. The van der Waals surface area contributed by atoms with Gasteiger partial charge in [0, 0.05) is 19.4 Å². The summed E-state index contributed by atoms with van der Waals surface area (Å²) >= 11 is 0. The number of hydrogen-bond acceptors (Lipinski definition) is 10. The molecule has 0 aliphatic carbocycles. The lowest BCUT2D eigenvalue weighted by Gasteiger charge is -2.24. The van der Waals surface area contributed by atoms with Crippen molar-refractivity contribution in [2.45, 2.75) is 78.2 Å². The van der Waals surface area contributed by atoms with Gasteiger partial charge in [0.05, 0.1) is 23.3 Å². The molecule has 16 heteroatoms. The molecule has 4 aromatic rings. The number of ether oxygens (including phenoxy) is 4. The predicted molar refractivity (Wildman–Crippen MR) is 143 cm³/mol. The molecule has 4 aromatic heterocycles. The molecule has 0 radical (unpaired) electrons. The van der Waals surface area contributed by atoms with E-state index in [1.54, 1.807) is 0 Å². The lowest BCUT2D eigenvalue weighted by Crippen LogP contribution is -2.26. The third kappa shape index (κ3) is 8.43. The van der Waals surface area contributed by atoms with Gasteiger partial charge < -0.3 is 14.2 Å². The number of aryl methyl sites for hydroxylation is 1. The van der Waals surface area contributed by atoms with Crippen LogP contribution in [0.25, 0.3) is 22.3 Å². The largest absolute Gasteiger partial charge is 0.522 e. The zero-order chi connectivity index (χ0) is 31.7. The predicted octanol–water partition coefficient (Wildman–Crippen LogP) is 5.99. The summed E-state index contributed by atoms with van der Waals surface area (Å²) in [6.45, 7) is 10.1. The fourth-order valence-electron chi connectivity index (χ4n) is 3.72. The molecule has 0 saturated heterocycles. The second-order valence-corrected chi connectivity index (χ2v) is 11.4. The Balaban J connectivity index is 1.73. The van der Waals surface area contributed by atoms with Crippen LogP contribution >= 0.6 is 0 Å². The minimum Gasteiger partial charge on any atom is -0.471 e. The van der Waals surface area contributed by atoms with Crippen LogP contribution in [0.4, 0.5) is 22.0 Å². The van der Waals surface area contributed by atoms with Gasteiger partial charge in [-0.25, -0.2) is 18.4 Å². The molecular weight excluding hydrogens is 581 g/mol. The van der Waals surface area contributed by atoms with Crippen LogP contribution in [0.2, 0.25) is 0 Å². The average molecular weight is 612 g/mol. The first kappa shape index (κ1) is 31.7. The van der Waals surface area contributed by atoms with Crippen molar-refractivity contribution < 1.29 is 40.9 Å². The molecule has 0 unspecified atom stereocenters. The first-order valence-corrected chi connectivity index (χ1v) is 12.9. The first-order valence-electron chi connectivity index (χ1n) is 12.9. The van der Waals surface area contributed by atoms with Crippen molar-refractivity contribution in [3.05, 3.63) is 41.9 Å². The van der Waals surface area contributed by atoms with Gasteiger partial charge in [0.2, 0.25) is 17.9 Å². The van der Waals surface area contributed by atoms with E-state index in [2.05, 4.69) is 35.0 Å². The van der Waals surface area contributed by atoms with Crippen LogP contribution in [-0.2, 0) is 18.4 Å².